The topological polar surface area (TPSA) is 86.3 Å². The van der Waals surface area contributed by atoms with Gasteiger partial charge in [0.15, 0.2) is 5.82 Å². The van der Waals surface area contributed by atoms with E-state index in [0.717, 1.165) is 48.1 Å². The van der Waals surface area contributed by atoms with Gasteiger partial charge in [-0.1, -0.05) is 0 Å². The summed E-state index contributed by atoms with van der Waals surface area (Å²) in [5.74, 6) is 3.65. The van der Waals surface area contributed by atoms with Crippen molar-refractivity contribution < 1.29 is 9.53 Å². The number of piperidine rings is 1. The summed E-state index contributed by atoms with van der Waals surface area (Å²) in [5, 5.41) is 4.74. The van der Waals surface area contributed by atoms with E-state index >= 15 is 0 Å². The molecule has 2 heterocycles. The summed E-state index contributed by atoms with van der Waals surface area (Å²) in [6, 6.07) is 7.42. The van der Waals surface area contributed by atoms with Crippen LogP contribution in [0.2, 0.25) is 0 Å². The van der Waals surface area contributed by atoms with Crippen LogP contribution in [0.25, 0.3) is 5.69 Å². The number of nitrogens with two attached hydrogens (primary N) is 1. The normalized spacial score (nSPS) is 17.3. The van der Waals surface area contributed by atoms with Crippen molar-refractivity contribution >= 4 is 17.8 Å². The zero-order valence-electron chi connectivity index (χ0n) is 15.2. The molecule has 0 saturated carbocycles. The van der Waals surface area contributed by atoms with Crippen LogP contribution in [0.15, 0.2) is 24.3 Å². The molecule has 1 aromatic heterocycles. The van der Waals surface area contributed by atoms with Gasteiger partial charge in [-0.25, -0.2) is 14.5 Å². The number of aromatic nitrogens is 3. The maximum absolute atomic E-state index is 11.6. The molecular formula is C18H25N5O2S. The van der Waals surface area contributed by atoms with Gasteiger partial charge in [-0.3, -0.25) is 0 Å². The number of likely N-dealkylation sites (tertiary alicyclic amines) is 1. The van der Waals surface area contributed by atoms with E-state index in [9.17, 15) is 4.79 Å². The Labute approximate surface area is 157 Å². The van der Waals surface area contributed by atoms with Crippen LogP contribution >= 0.6 is 11.8 Å². The number of urea groups is 1. The van der Waals surface area contributed by atoms with Crippen LogP contribution in [0.1, 0.15) is 30.4 Å². The molecule has 3 rings (SSSR count). The van der Waals surface area contributed by atoms with Crippen LogP contribution in [0.5, 0.6) is 5.75 Å². The van der Waals surface area contributed by atoms with Gasteiger partial charge in [0.05, 0.1) is 12.8 Å². The third kappa shape index (κ3) is 4.12. The average Bonchev–Trinajstić information content (AvgIpc) is 3.10. The highest BCUT2D eigenvalue weighted by Gasteiger charge is 2.28. The monoisotopic (exact) mass is 375 g/mol. The Balaban J connectivity index is 1.93. The van der Waals surface area contributed by atoms with Crippen molar-refractivity contribution in [1.82, 2.24) is 19.7 Å². The number of thioether (sulfide) groups is 1. The lowest BCUT2D eigenvalue weighted by Gasteiger charge is -2.31. The Morgan fingerprint density at radius 2 is 2.15 bits per heavy atom. The summed E-state index contributed by atoms with van der Waals surface area (Å²) in [6.45, 7) is 1.30. The lowest BCUT2D eigenvalue weighted by Crippen LogP contribution is -2.42. The lowest BCUT2D eigenvalue weighted by atomic mass is 9.97. The van der Waals surface area contributed by atoms with Crippen LogP contribution in [-0.4, -0.2) is 57.9 Å². The Hall–Kier alpha value is -2.22. The highest BCUT2D eigenvalue weighted by molar-refractivity contribution is 7.98. The van der Waals surface area contributed by atoms with Crippen molar-refractivity contribution in [3.05, 3.63) is 35.9 Å². The van der Waals surface area contributed by atoms with E-state index < -0.39 is 0 Å². The number of amides is 2. The molecule has 1 saturated heterocycles. The number of rotatable bonds is 6. The van der Waals surface area contributed by atoms with E-state index in [1.54, 1.807) is 23.8 Å². The zero-order valence-corrected chi connectivity index (χ0v) is 16.0. The third-order valence-corrected chi connectivity index (χ3v) is 5.23. The minimum Gasteiger partial charge on any atom is -0.497 e. The Morgan fingerprint density at radius 3 is 2.81 bits per heavy atom. The zero-order chi connectivity index (χ0) is 18.5. The molecule has 0 spiro atoms. The number of hydrogen-bond acceptors (Lipinski definition) is 5. The molecule has 1 aliphatic rings. The first-order chi connectivity index (χ1) is 12.6. The minimum absolute atomic E-state index is 0.133. The van der Waals surface area contributed by atoms with E-state index in [4.69, 9.17) is 20.6 Å². The smallest absolute Gasteiger partial charge is 0.314 e. The Morgan fingerprint density at radius 1 is 1.38 bits per heavy atom. The fourth-order valence-corrected chi connectivity index (χ4v) is 3.62. The van der Waals surface area contributed by atoms with Crippen LogP contribution in [-0.2, 0) is 6.42 Å². The molecule has 0 aliphatic carbocycles. The van der Waals surface area contributed by atoms with E-state index in [0.29, 0.717) is 13.1 Å². The molecule has 1 fully saturated rings. The highest BCUT2D eigenvalue weighted by atomic mass is 32.2. The quantitative estimate of drug-likeness (QED) is 0.838. The number of methoxy groups -OCH3 is 1. The summed E-state index contributed by atoms with van der Waals surface area (Å²) >= 11 is 1.78. The summed E-state index contributed by atoms with van der Waals surface area (Å²) in [6.07, 6.45) is 4.79. The van der Waals surface area contributed by atoms with Gasteiger partial charge in [0.1, 0.15) is 11.6 Å². The molecule has 140 valence electrons. The maximum atomic E-state index is 11.6. The van der Waals surface area contributed by atoms with Gasteiger partial charge < -0.3 is 15.4 Å². The van der Waals surface area contributed by atoms with Crippen molar-refractivity contribution in [3.63, 3.8) is 0 Å². The number of carbonyl (C=O) groups excluding carboxylic acids is 1. The maximum Gasteiger partial charge on any atom is 0.314 e. The molecule has 26 heavy (non-hydrogen) atoms. The number of primary amides is 1. The van der Waals surface area contributed by atoms with E-state index in [1.165, 1.54) is 0 Å². The molecule has 0 radical (unpaired) electrons. The number of ether oxygens (including phenoxy) is 1. The van der Waals surface area contributed by atoms with Crippen molar-refractivity contribution in [2.75, 3.05) is 32.2 Å². The number of benzene rings is 1. The van der Waals surface area contributed by atoms with Crippen molar-refractivity contribution in [1.29, 1.82) is 0 Å². The predicted molar refractivity (Wildman–Crippen MR) is 103 cm³/mol. The van der Waals surface area contributed by atoms with Crippen LogP contribution in [0, 0.1) is 0 Å². The second-order valence-corrected chi connectivity index (χ2v) is 7.35. The molecule has 2 N–H and O–H groups in total. The van der Waals surface area contributed by atoms with Crippen molar-refractivity contribution in [2.24, 2.45) is 5.73 Å². The predicted octanol–water partition coefficient (Wildman–Crippen LogP) is 2.44. The largest absolute Gasteiger partial charge is 0.497 e. The van der Waals surface area contributed by atoms with E-state index in [1.807, 2.05) is 28.9 Å². The summed E-state index contributed by atoms with van der Waals surface area (Å²) in [4.78, 5) is 18.1. The first-order valence-electron chi connectivity index (χ1n) is 8.76. The number of hydrogen-bond donors (Lipinski definition) is 1. The van der Waals surface area contributed by atoms with Gasteiger partial charge in [-0.15, -0.1) is 0 Å². The second kappa shape index (κ2) is 8.44. The second-order valence-electron chi connectivity index (χ2n) is 6.36. The number of carbonyl (C=O) groups is 1. The molecule has 7 nitrogen and oxygen atoms in total. The van der Waals surface area contributed by atoms with Crippen LogP contribution in [0.3, 0.4) is 0 Å². The first-order valence-corrected chi connectivity index (χ1v) is 10.2. The van der Waals surface area contributed by atoms with Gasteiger partial charge in [0, 0.05) is 31.2 Å². The number of nitrogens with zero attached hydrogens (tertiary/aromatic N) is 4. The Kier molecular flexibility index (Phi) is 6.03. The number of aryl methyl sites for hydroxylation is 1. The van der Waals surface area contributed by atoms with Crippen molar-refractivity contribution in [3.8, 4) is 11.4 Å². The van der Waals surface area contributed by atoms with Gasteiger partial charge in [0.2, 0.25) is 0 Å². The van der Waals surface area contributed by atoms with Gasteiger partial charge in [0.25, 0.3) is 0 Å². The molecule has 2 aromatic rings. The van der Waals surface area contributed by atoms with Gasteiger partial charge >= 0.3 is 6.03 Å². The molecule has 2 amide bonds. The SMILES string of the molecule is COc1ccc(-n2nc(CCSC)nc2[C@@H]2CCCN(C(N)=O)C2)cc1. The van der Waals surface area contributed by atoms with Crippen molar-refractivity contribution in [2.45, 2.75) is 25.2 Å². The standard InChI is InChI=1S/C18H25N5O2S/c1-25-15-7-5-14(6-8-15)23-17(20-16(21-23)9-11-26-2)13-4-3-10-22(12-13)18(19)24/h5-8,13H,3-4,9-12H2,1-2H3,(H2,19,24)/t13-/m1/s1. The average molecular weight is 375 g/mol. The summed E-state index contributed by atoms with van der Waals surface area (Å²) < 4.78 is 7.15. The third-order valence-electron chi connectivity index (χ3n) is 4.62. The van der Waals surface area contributed by atoms with E-state index in [-0.39, 0.29) is 11.9 Å². The summed E-state index contributed by atoms with van der Waals surface area (Å²) in [5.41, 5.74) is 6.43. The highest BCUT2D eigenvalue weighted by Crippen LogP contribution is 2.28. The van der Waals surface area contributed by atoms with Crippen LogP contribution < -0.4 is 10.5 Å². The Bertz CT molecular complexity index is 747. The fourth-order valence-electron chi connectivity index (χ4n) is 3.23. The molecule has 8 heteroatoms. The lowest BCUT2D eigenvalue weighted by molar-refractivity contribution is 0.187. The van der Waals surface area contributed by atoms with Crippen LogP contribution in [0.4, 0.5) is 4.79 Å². The molecular weight excluding hydrogens is 350 g/mol. The molecule has 1 aromatic carbocycles. The first kappa shape index (κ1) is 18.6. The molecule has 0 bridgehead atoms. The minimum atomic E-state index is -0.368. The van der Waals surface area contributed by atoms with Gasteiger partial charge in [-0.2, -0.15) is 16.9 Å². The van der Waals surface area contributed by atoms with Gasteiger partial charge in [-0.05, 0) is 43.4 Å². The molecule has 1 atom stereocenters. The fraction of sp³-hybridized carbons (Fsp3) is 0.500. The molecule has 0 unspecified atom stereocenters. The summed E-state index contributed by atoms with van der Waals surface area (Å²) in [7, 11) is 1.65. The van der Waals surface area contributed by atoms with E-state index in [2.05, 4.69) is 6.26 Å². The molecule has 1 aliphatic heterocycles.